The van der Waals surface area contributed by atoms with Gasteiger partial charge in [-0.25, -0.2) is 0 Å². The van der Waals surface area contributed by atoms with Crippen LogP contribution in [0.25, 0.3) is 0 Å². The molecule has 2 heteroatoms. The molecule has 0 aliphatic carbocycles. The fraction of sp³-hybridized carbons (Fsp3) is 0.667. The summed E-state index contributed by atoms with van der Waals surface area (Å²) in [5.41, 5.74) is 2.73. The molecule has 0 bridgehead atoms. The van der Waals surface area contributed by atoms with Crippen LogP contribution in [0, 0.1) is 5.92 Å². The van der Waals surface area contributed by atoms with Crippen molar-refractivity contribution in [3.05, 3.63) is 35.4 Å². The zero-order chi connectivity index (χ0) is 15.0. The summed E-state index contributed by atoms with van der Waals surface area (Å²) in [7, 11) is 2.00. The highest BCUT2D eigenvalue weighted by Gasteiger charge is 2.12. The summed E-state index contributed by atoms with van der Waals surface area (Å²) in [5, 5.41) is 3.35. The van der Waals surface area contributed by atoms with Crippen LogP contribution in [0.2, 0.25) is 0 Å². The lowest BCUT2D eigenvalue weighted by atomic mass is 10.0. The number of rotatable bonds is 9. The van der Waals surface area contributed by atoms with Crippen molar-refractivity contribution in [2.75, 3.05) is 13.7 Å². The Morgan fingerprint density at radius 1 is 1.10 bits per heavy atom. The normalized spacial score (nSPS) is 14.5. The van der Waals surface area contributed by atoms with Gasteiger partial charge in [0, 0.05) is 0 Å². The smallest absolute Gasteiger partial charge is 0.0665 e. The molecule has 0 amide bonds. The predicted octanol–water partition coefficient (Wildman–Crippen LogP) is 4.35. The Balaban J connectivity index is 2.52. The first-order chi connectivity index (χ1) is 9.56. The second kappa shape index (κ2) is 9.15. The van der Waals surface area contributed by atoms with Crippen LogP contribution in [0.3, 0.4) is 0 Å². The molecule has 0 saturated heterocycles. The molecule has 114 valence electrons. The molecule has 1 rings (SSSR count). The van der Waals surface area contributed by atoms with Gasteiger partial charge in [-0.05, 0) is 43.9 Å². The van der Waals surface area contributed by atoms with E-state index in [1.165, 1.54) is 17.5 Å². The Bertz CT molecular complexity index is 358. The second-order valence-corrected chi connectivity index (χ2v) is 6.11. The molecule has 20 heavy (non-hydrogen) atoms. The minimum absolute atomic E-state index is 0.278. The van der Waals surface area contributed by atoms with Crippen LogP contribution in [-0.2, 0) is 11.2 Å². The molecule has 2 unspecified atom stereocenters. The van der Waals surface area contributed by atoms with Crippen molar-refractivity contribution < 1.29 is 4.74 Å². The van der Waals surface area contributed by atoms with E-state index < -0.39 is 0 Å². The topological polar surface area (TPSA) is 21.3 Å². The third-order valence-electron chi connectivity index (χ3n) is 3.62. The lowest BCUT2D eigenvalue weighted by Gasteiger charge is -2.21. The molecule has 0 aliphatic heterocycles. The summed E-state index contributed by atoms with van der Waals surface area (Å²) in [6, 6.07) is 9.20. The molecule has 0 radical (unpaired) electrons. The van der Waals surface area contributed by atoms with Crippen molar-refractivity contribution in [1.82, 2.24) is 5.32 Å². The van der Waals surface area contributed by atoms with Gasteiger partial charge in [0.1, 0.15) is 0 Å². The number of aryl methyl sites for hydroxylation is 1. The monoisotopic (exact) mass is 277 g/mol. The van der Waals surface area contributed by atoms with Gasteiger partial charge < -0.3 is 10.1 Å². The number of benzene rings is 1. The number of likely N-dealkylation sites (N-methyl/N-ethyl adjacent to an activating group) is 1. The largest absolute Gasteiger partial charge is 0.377 e. The quantitative estimate of drug-likeness (QED) is 0.724. The molecule has 0 spiro atoms. The van der Waals surface area contributed by atoms with E-state index in [9.17, 15) is 0 Å². The van der Waals surface area contributed by atoms with Gasteiger partial charge in [-0.15, -0.1) is 0 Å². The zero-order valence-corrected chi connectivity index (χ0v) is 13.8. The van der Waals surface area contributed by atoms with E-state index in [1.54, 1.807) is 0 Å². The van der Waals surface area contributed by atoms with Crippen LogP contribution in [0.5, 0.6) is 0 Å². The molecule has 2 nitrogen and oxygen atoms in total. The van der Waals surface area contributed by atoms with Gasteiger partial charge in [0.2, 0.25) is 0 Å². The van der Waals surface area contributed by atoms with Crippen molar-refractivity contribution in [3.8, 4) is 0 Å². The van der Waals surface area contributed by atoms with E-state index in [0.717, 1.165) is 19.4 Å². The minimum atomic E-state index is 0.278. The fourth-order valence-electron chi connectivity index (χ4n) is 2.54. The lowest BCUT2D eigenvalue weighted by molar-refractivity contribution is 0.0383. The maximum Gasteiger partial charge on any atom is 0.0665 e. The van der Waals surface area contributed by atoms with Crippen molar-refractivity contribution in [1.29, 1.82) is 0 Å². The fourth-order valence-corrected chi connectivity index (χ4v) is 2.54. The van der Waals surface area contributed by atoms with E-state index in [2.05, 4.69) is 57.3 Å². The Morgan fingerprint density at radius 3 is 2.25 bits per heavy atom. The molecular formula is C18H31NO. The summed E-state index contributed by atoms with van der Waals surface area (Å²) >= 11 is 0. The number of hydrogen-bond acceptors (Lipinski definition) is 2. The van der Waals surface area contributed by atoms with Crippen LogP contribution in [0.4, 0.5) is 0 Å². The van der Waals surface area contributed by atoms with Crippen molar-refractivity contribution in [2.45, 2.75) is 59.1 Å². The Morgan fingerprint density at radius 2 is 1.75 bits per heavy atom. The summed E-state index contributed by atoms with van der Waals surface area (Å²) < 4.78 is 5.98. The highest BCUT2D eigenvalue weighted by molar-refractivity contribution is 5.25. The highest BCUT2D eigenvalue weighted by atomic mass is 16.5. The Hall–Kier alpha value is -0.860. The molecule has 1 aromatic carbocycles. The van der Waals surface area contributed by atoms with Gasteiger partial charge in [-0.1, -0.05) is 51.5 Å². The molecule has 0 aliphatic rings. The van der Waals surface area contributed by atoms with Crippen LogP contribution in [0.1, 0.15) is 57.7 Å². The molecule has 0 aromatic heterocycles. The van der Waals surface area contributed by atoms with Crippen LogP contribution in [-0.4, -0.2) is 19.8 Å². The Labute approximate surface area is 124 Å². The van der Waals surface area contributed by atoms with Crippen LogP contribution >= 0.6 is 0 Å². The van der Waals surface area contributed by atoms with Gasteiger partial charge in [0.15, 0.2) is 0 Å². The average Bonchev–Trinajstić information content (AvgIpc) is 2.40. The van der Waals surface area contributed by atoms with Gasteiger partial charge in [0.05, 0.1) is 18.8 Å². The van der Waals surface area contributed by atoms with Crippen molar-refractivity contribution in [3.63, 3.8) is 0 Å². The summed E-state index contributed by atoms with van der Waals surface area (Å²) in [6.45, 7) is 9.59. The summed E-state index contributed by atoms with van der Waals surface area (Å²) in [4.78, 5) is 0. The van der Waals surface area contributed by atoms with E-state index in [-0.39, 0.29) is 6.04 Å². The second-order valence-electron chi connectivity index (χ2n) is 6.11. The standard InChI is InChI=1S/C18H31NO/c1-6-7-16-8-10-17(11-9-16)18(19-5)13-20-15(4)12-14(2)3/h8-11,14-15,18-19H,6-7,12-13H2,1-5H3. The SMILES string of the molecule is CCCc1ccc(C(COC(C)CC(C)C)NC)cc1. The predicted molar refractivity (Wildman–Crippen MR) is 87.1 cm³/mol. The molecule has 0 saturated carbocycles. The summed E-state index contributed by atoms with van der Waals surface area (Å²) in [6.07, 6.45) is 3.80. The van der Waals surface area contributed by atoms with Gasteiger partial charge in [0.25, 0.3) is 0 Å². The third kappa shape index (κ3) is 6.06. The maximum absolute atomic E-state index is 5.98. The third-order valence-corrected chi connectivity index (χ3v) is 3.62. The van der Waals surface area contributed by atoms with E-state index in [4.69, 9.17) is 4.74 Å². The maximum atomic E-state index is 5.98. The molecule has 1 aromatic rings. The number of nitrogens with one attached hydrogen (secondary N) is 1. The first kappa shape index (κ1) is 17.2. The van der Waals surface area contributed by atoms with Crippen molar-refractivity contribution in [2.24, 2.45) is 5.92 Å². The Kier molecular flexibility index (Phi) is 7.86. The number of hydrogen-bond donors (Lipinski definition) is 1. The molecule has 0 fully saturated rings. The number of ether oxygens (including phenoxy) is 1. The van der Waals surface area contributed by atoms with Gasteiger partial charge in [-0.2, -0.15) is 0 Å². The van der Waals surface area contributed by atoms with Gasteiger partial charge >= 0.3 is 0 Å². The molecular weight excluding hydrogens is 246 g/mol. The van der Waals surface area contributed by atoms with Crippen LogP contribution in [0.15, 0.2) is 24.3 Å². The van der Waals surface area contributed by atoms with Gasteiger partial charge in [-0.3, -0.25) is 0 Å². The van der Waals surface area contributed by atoms with E-state index >= 15 is 0 Å². The van der Waals surface area contributed by atoms with Crippen molar-refractivity contribution >= 4 is 0 Å². The lowest BCUT2D eigenvalue weighted by Crippen LogP contribution is -2.24. The zero-order valence-electron chi connectivity index (χ0n) is 13.8. The van der Waals surface area contributed by atoms with Crippen LogP contribution < -0.4 is 5.32 Å². The molecule has 2 atom stereocenters. The highest BCUT2D eigenvalue weighted by Crippen LogP contribution is 2.17. The first-order valence-corrected chi connectivity index (χ1v) is 7.94. The van der Waals surface area contributed by atoms with E-state index in [0.29, 0.717) is 12.0 Å². The minimum Gasteiger partial charge on any atom is -0.377 e. The summed E-state index contributed by atoms with van der Waals surface area (Å²) in [5.74, 6) is 0.686. The first-order valence-electron chi connectivity index (χ1n) is 7.94. The molecule has 0 heterocycles. The van der Waals surface area contributed by atoms with E-state index in [1.807, 2.05) is 7.05 Å². The average molecular weight is 277 g/mol. The molecule has 1 N–H and O–H groups in total.